The Hall–Kier alpha value is -4.87. The van der Waals surface area contributed by atoms with Gasteiger partial charge in [0.05, 0.1) is 50.5 Å². The van der Waals surface area contributed by atoms with Gasteiger partial charge in [0.15, 0.2) is 11.5 Å². The molecule has 2 saturated heterocycles. The van der Waals surface area contributed by atoms with Crippen molar-refractivity contribution < 1.29 is 32.6 Å². The Bertz CT molecular complexity index is 1670. The molecule has 0 spiro atoms. The number of methoxy groups -OCH3 is 1. The van der Waals surface area contributed by atoms with Gasteiger partial charge in [-0.05, 0) is 47.9 Å². The number of nitrogens with two attached hydrogens (primary N) is 1. The summed E-state index contributed by atoms with van der Waals surface area (Å²) in [5.74, 6) is -3.37. The lowest BCUT2D eigenvalue weighted by Gasteiger charge is -2.34. The van der Waals surface area contributed by atoms with Gasteiger partial charge in [-0.15, -0.1) is 0 Å². The van der Waals surface area contributed by atoms with Gasteiger partial charge in [0.2, 0.25) is 11.8 Å². The fraction of sp³-hybridized carbons (Fsp3) is 0.457. The fourth-order valence-electron chi connectivity index (χ4n) is 5.86. The Labute approximate surface area is 284 Å². The van der Waals surface area contributed by atoms with E-state index in [0.29, 0.717) is 42.1 Å². The third-order valence-corrected chi connectivity index (χ3v) is 8.40. The summed E-state index contributed by atoms with van der Waals surface area (Å²) >= 11 is 0. The number of nitrogens with one attached hydrogen (secondary N) is 1. The van der Waals surface area contributed by atoms with Crippen molar-refractivity contribution in [2.45, 2.75) is 38.7 Å². The Morgan fingerprint density at radius 2 is 1.76 bits per heavy atom. The van der Waals surface area contributed by atoms with Gasteiger partial charge in [-0.1, -0.05) is 26.0 Å². The normalized spacial score (nSPS) is 17.1. The first-order chi connectivity index (χ1) is 23.6. The molecular formula is C35H43F2N7O5. The third kappa shape index (κ3) is 9.18. The number of pyridine rings is 1. The smallest absolute Gasteiger partial charge is 0.268 e. The van der Waals surface area contributed by atoms with Gasteiger partial charge in [-0.25, -0.2) is 8.78 Å². The molecule has 2 fully saturated rings. The molecule has 2 aliphatic rings. The molecule has 14 heteroatoms. The number of fused-ring (bicyclic) bond motifs is 1. The zero-order chi connectivity index (χ0) is 35.6. The number of nitriles is 1. The maximum absolute atomic E-state index is 13.8. The van der Waals surface area contributed by atoms with Gasteiger partial charge < -0.3 is 30.3 Å². The average Bonchev–Trinajstić information content (AvgIpc) is 3.46. The Morgan fingerprint density at radius 3 is 2.45 bits per heavy atom. The molecule has 3 amide bonds. The lowest BCUT2D eigenvalue weighted by molar-refractivity contribution is -0.132. The number of benzene rings is 2. The zero-order valence-corrected chi connectivity index (χ0v) is 28.1. The standard InChI is InChI=1S/C33H37F2N7O5.C2H6/c1-46-28-6-4-23(16-29(28)47-14-2-9-40-10-12-41(13-11-40)30(43)19-37)22-3-5-27-26(15-22)25(7-8-38-27)32(45)39-20-31(44)42-21-33(34,35)17-24(42)18-36;1-2/h3-8,15-16,24H,2,9-14,17,19-21,37H2,1H3,(H,39,45);1-2H3. The summed E-state index contributed by atoms with van der Waals surface area (Å²) < 4.78 is 39.2. The SMILES string of the molecule is CC.COc1ccc(-c2ccc3nccc(C(=O)NCC(=O)N4CC(F)(F)CC4C#N)c3c2)cc1OCCCN1CCN(C(=O)CN)CC1. The number of alkyl halides is 2. The second-order valence-electron chi connectivity index (χ2n) is 11.5. The lowest BCUT2D eigenvalue weighted by Crippen LogP contribution is -2.50. The Morgan fingerprint density at radius 1 is 1.04 bits per heavy atom. The number of aromatic nitrogens is 1. The van der Waals surface area contributed by atoms with Gasteiger partial charge in [-0.3, -0.25) is 24.3 Å². The van der Waals surface area contributed by atoms with E-state index in [9.17, 15) is 28.4 Å². The quantitative estimate of drug-likeness (QED) is 0.291. The van der Waals surface area contributed by atoms with Crippen molar-refractivity contribution in [3.63, 3.8) is 0 Å². The molecule has 3 aromatic rings. The highest BCUT2D eigenvalue weighted by Gasteiger charge is 2.47. The van der Waals surface area contributed by atoms with Crippen LogP contribution in [0.3, 0.4) is 0 Å². The van der Waals surface area contributed by atoms with Gasteiger partial charge in [0, 0.05) is 50.7 Å². The number of hydrogen-bond acceptors (Lipinski definition) is 9. The number of likely N-dealkylation sites (tertiary alicyclic amines) is 1. The van der Waals surface area contributed by atoms with Crippen molar-refractivity contribution in [2.24, 2.45) is 5.73 Å². The maximum Gasteiger partial charge on any atom is 0.268 e. The number of nitrogens with zero attached hydrogens (tertiary/aromatic N) is 5. The minimum atomic E-state index is -3.14. The topological polar surface area (TPSA) is 154 Å². The molecule has 3 heterocycles. The number of hydrogen-bond donors (Lipinski definition) is 2. The number of rotatable bonds is 11. The van der Waals surface area contributed by atoms with E-state index in [4.69, 9.17) is 15.2 Å². The molecule has 1 aromatic heterocycles. The fourth-order valence-corrected chi connectivity index (χ4v) is 5.86. The van der Waals surface area contributed by atoms with E-state index in [2.05, 4.69) is 15.2 Å². The maximum atomic E-state index is 13.8. The summed E-state index contributed by atoms with van der Waals surface area (Å²) in [6.45, 7) is 6.83. The van der Waals surface area contributed by atoms with Gasteiger partial charge in [0.25, 0.3) is 11.8 Å². The van der Waals surface area contributed by atoms with Crippen molar-refractivity contribution in [1.82, 2.24) is 25.0 Å². The molecule has 12 nitrogen and oxygen atoms in total. The zero-order valence-electron chi connectivity index (χ0n) is 28.1. The molecule has 1 unspecified atom stereocenters. The van der Waals surface area contributed by atoms with Crippen molar-refractivity contribution in [1.29, 1.82) is 5.26 Å². The minimum absolute atomic E-state index is 0.0289. The molecule has 0 aliphatic carbocycles. The molecule has 0 bridgehead atoms. The number of carbonyl (C=O) groups is 3. The molecule has 1 atom stereocenters. The molecule has 3 N–H and O–H groups in total. The second kappa shape index (κ2) is 17.0. The van der Waals surface area contributed by atoms with E-state index in [1.807, 2.05) is 38.1 Å². The first kappa shape index (κ1) is 37.0. The van der Waals surface area contributed by atoms with Gasteiger partial charge in [-0.2, -0.15) is 5.26 Å². The van der Waals surface area contributed by atoms with Crippen LogP contribution in [-0.4, -0.2) is 115 Å². The second-order valence-corrected chi connectivity index (χ2v) is 11.5. The van der Waals surface area contributed by atoms with Crippen LogP contribution < -0.4 is 20.5 Å². The van der Waals surface area contributed by atoms with Crippen molar-refractivity contribution in [3.05, 3.63) is 54.2 Å². The van der Waals surface area contributed by atoms with Gasteiger partial charge in [0.1, 0.15) is 6.04 Å². The number of carbonyl (C=O) groups excluding carboxylic acids is 3. The highest BCUT2D eigenvalue weighted by atomic mass is 19.3. The number of piperazine rings is 1. The number of ether oxygens (including phenoxy) is 2. The molecule has 0 radical (unpaired) electrons. The van der Waals surface area contributed by atoms with Crippen LogP contribution in [0.2, 0.25) is 0 Å². The monoisotopic (exact) mass is 679 g/mol. The Balaban J connectivity index is 0.00000265. The summed E-state index contributed by atoms with van der Waals surface area (Å²) in [4.78, 5) is 46.8. The first-order valence-corrected chi connectivity index (χ1v) is 16.4. The minimum Gasteiger partial charge on any atom is -0.493 e. The van der Waals surface area contributed by atoms with Crippen molar-refractivity contribution in [3.8, 4) is 28.7 Å². The van der Waals surface area contributed by atoms with E-state index in [1.54, 1.807) is 30.2 Å². The number of amides is 3. The van der Waals surface area contributed by atoms with Crippen molar-refractivity contribution in [2.75, 3.05) is 66.1 Å². The lowest BCUT2D eigenvalue weighted by atomic mass is 10.00. The summed E-state index contributed by atoms with van der Waals surface area (Å²) in [7, 11) is 1.57. The molecule has 2 aliphatic heterocycles. The molecular weight excluding hydrogens is 636 g/mol. The summed E-state index contributed by atoms with van der Waals surface area (Å²) in [5.41, 5.74) is 7.87. The van der Waals surface area contributed by atoms with E-state index in [0.717, 1.165) is 42.1 Å². The molecule has 262 valence electrons. The molecule has 0 saturated carbocycles. The summed E-state index contributed by atoms with van der Waals surface area (Å²) in [6.07, 6.45) is 1.53. The largest absolute Gasteiger partial charge is 0.493 e. The van der Waals surface area contributed by atoms with Crippen LogP contribution in [0.1, 0.15) is 37.0 Å². The van der Waals surface area contributed by atoms with E-state index < -0.39 is 43.3 Å². The van der Waals surface area contributed by atoms with E-state index >= 15 is 0 Å². The highest BCUT2D eigenvalue weighted by molar-refractivity contribution is 6.07. The average molecular weight is 680 g/mol. The van der Waals surface area contributed by atoms with Gasteiger partial charge >= 0.3 is 0 Å². The number of halogens is 2. The third-order valence-electron chi connectivity index (χ3n) is 8.40. The molecule has 5 rings (SSSR count). The molecule has 2 aromatic carbocycles. The van der Waals surface area contributed by atoms with E-state index in [1.165, 1.54) is 12.3 Å². The van der Waals surface area contributed by atoms with Crippen LogP contribution in [0.5, 0.6) is 11.5 Å². The van der Waals surface area contributed by atoms with Crippen LogP contribution in [0, 0.1) is 11.3 Å². The van der Waals surface area contributed by atoms with Crippen LogP contribution in [0.15, 0.2) is 48.7 Å². The highest BCUT2D eigenvalue weighted by Crippen LogP contribution is 2.34. The van der Waals surface area contributed by atoms with E-state index in [-0.39, 0.29) is 18.0 Å². The van der Waals surface area contributed by atoms with Crippen LogP contribution in [0.4, 0.5) is 8.78 Å². The van der Waals surface area contributed by atoms with Crippen LogP contribution in [0.25, 0.3) is 22.0 Å². The van der Waals surface area contributed by atoms with Crippen LogP contribution in [-0.2, 0) is 9.59 Å². The first-order valence-electron chi connectivity index (χ1n) is 16.4. The summed E-state index contributed by atoms with van der Waals surface area (Å²) in [6, 6.07) is 13.0. The predicted octanol–water partition coefficient (Wildman–Crippen LogP) is 3.30. The predicted molar refractivity (Wildman–Crippen MR) is 180 cm³/mol. The van der Waals surface area contributed by atoms with Crippen LogP contribution >= 0.6 is 0 Å². The Kier molecular flexibility index (Phi) is 12.8. The summed E-state index contributed by atoms with van der Waals surface area (Å²) in [5, 5.41) is 12.2. The van der Waals surface area contributed by atoms with Crippen molar-refractivity contribution >= 4 is 28.6 Å². The molecule has 49 heavy (non-hydrogen) atoms.